The molecule has 0 saturated heterocycles. The first kappa shape index (κ1) is 16.4. The molecule has 0 saturated carbocycles. The molecular formula is C10H25N3O3Si. The summed E-state index contributed by atoms with van der Waals surface area (Å²) in [5, 5.41) is 0. The Balaban J connectivity index is 4.49. The van der Waals surface area contributed by atoms with Crippen LogP contribution in [-0.4, -0.2) is 80.6 Å². The van der Waals surface area contributed by atoms with Gasteiger partial charge in [0.05, 0.1) is 0 Å². The standard InChI is InChI=1S/C10H25N3O3Si/c1-12(2)10(13(3)4)11-8-9-17(14-5,15-6)16-7/h8-9H2,1-7H3. The van der Waals surface area contributed by atoms with Crippen molar-refractivity contribution in [2.24, 2.45) is 4.99 Å². The highest BCUT2D eigenvalue weighted by molar-refractivity contribution is 6.60. The van der Waals surface area contributed by atoms with Crippen molar-refractivity contribution in [2.45, 2.75) is 6.04 Å². The lowest BCUT2D eigenvalue weighted by atomic mass is 10.7. The maximum Gasteiger partial charge on any atom is 0.502 e. The first-order valence-electron chi connectivity index (χ1n) is 5.47. The summed E-state index contributed by atoms with van der Waals surface area (Å²) < 4.78 is 16.0. The molecular weight excluding hydrogens is 238 g/mol. The van der Waals surface area contributed by atoms with Gasteiger partial charge in [0.25, 0.3) is 0 Å². The van der Waals surface area contributed by atoms with Gasteiger partial charge in [0.2, 0.25) is 0 Å². The molecule has 0 radical (unpaired) electrons. The van der Waals surface area contributed by atoms with E-state index in [1.807, 2.05) is 38.0 Å². The van der Waals surface area contributed by atoms with Crippen LogP contribution in [0, 0.1) is 0 Å². The minimum atomic E-state index is -2.50. The van der Waals surface area contributed by atoms with Crippen LogP contribution in [-0.2, 0) is 13.3 Å². The van der Waals surface area contributed by atoms with Gasteiger partial charge in [-0.05, 0) is 0 Å². The van der Waals surface area contributed by atoms with Crippen LogP contribution in [0.5, 0.6) is 0 Å². The second-order valence-electron chi connectivity index (χ2n) is 4.02. The Morgan fingerprint density at radius 3 is 1.65 bits per heavy atom. The monoisotopic (exact) mass is 263 g/mol. The van der Waals surface area contributed by atoms with E-state index in [9.17, 15) is 0 Å². The molecule has 0 aliphatic rings. The third kappa shape index (κ3) is 5.03. The summed E-state index contributed by atoms with van der Waals surface area (Å²) in [4.78, 5) is 8.45. The summed E-state index contributed by atoms with van der Waals surface area (Å²) in [5.41, 5.74) is 0. The number of rotatable bonds is 6. The highest BCUT2D eigenvalue weighted by Crippen LogP contribution is 2.12. The Morgan fingerprint density at radius 2 is 1.35 bits per heavy atom. The van der Waals surface area contributed by atoms with Crippen molar-refractivity contribution in [3.05, 3.63) is 0 Å². The molecule has 0 bridgehead atoms. The molecule has 0 aliphatic heterocycles. The number of nitrogens with zero attached hydrogens (tertiary/aromatic N) is 3. The normalized spacial score (nSPS) is 11.2. The Bertz CT molecular complexity index is 225. The van der Waals surface area contributed by atoms with Crippen molar-refractivity contribution in [3.8, 4) is 0 Å². The second-order valence-corrected chi connectivity index (χ2v) is 7.11. The molecule has 0 aromatic heterocycles. The number of hydrogen-bond acceptors (Lipinski definition) is 4. The molecule has 0 spiro atoms. The van der Waals surface area contributed by atoms with Gasteiger partial charge in [-0.2, -0.15) is 0 Å². The molecule has 102 valence electrons. The third-order valence-corrected chi connectivity index (χ3v) is 5.11. The Labute approximate surface area is 106 Å². The van der Waals surface area contributed by atoms with E-state index in [0.29, 0.717) is 12.6 Å². The molecule has 0 heterocycles. The molecule has 0 rings (SSSR count). The summed E-state index contributed by atoms with van der Waals surface area (Å²) in [6.45, 7) is 0.618. The van der Waals surface area contributed by atoms with Crippen molar-refractivity contribution in [1.29, 1.82) is 0 Å². The predicted molar refractivity (Wildman–Crippen MR) is 71.3 cm³/mol. The Morgan fingerprint density at radius 1 is 0.941 bits per heavy atom. The molecule has 0 amide bonds. The van der Waals surface area contributed by atoms with E-state index >= 15 is 0 Å². The van der Waals surface area contributed by atoms with Crippen molar-refractivity contribution in [1.82, 2.24) is 9.80 Å². The van der Waals surface area contributed by atoms with Gasteiger partial charge in [-0.1, -0.05) is 0 Å². The zero-order valence-electron chi connectivity index (χ0n) is 12.0. The summed E-state index contributed by atoms with van der Waals surface area (Å²) in [6.07, 6.45) is 0. The zero-order chi connectivity index (χ0) is 13.5. The summed E-state index contributed by atoms with van der Waals surface area (Å²) in [7, 11) is 10.2. The molecule has 0 aromatic carbocycles. The number of aliphatic imine (C=N–C) groups is 1. The van der Waals surface area contributed by atoms with Crippen molar-refractivity contribution >= 4 is 14.8 Å². The maximum atomic E-state index is 5.34. The lowest BCUT2D eigenvalue weighted by Crippen LogP contribution is -2.43. The average molecular weight is 263 g/mol. The first-order valence-corrected chi connectivity index (χ1v) is 7.40. The molecule has 0 fully saturated rings. The highest BCUT2D eigenvalue weighted by atomic mass is 28.4. The summed E-state index contributed by atoms with van der Waals surface area (Å²) in [5.74, 6) is 0.913. The van der Waals surface area contributed by atoms with Crippen molar-refractivity contribution < 1.29 is 13.3 Å². The molecule has 0 atom stereocenters. The van der Waals surface area contributed by atoms with Crippen LogP contribution in [0.1, 0.15) is 0 Å². The first-order chi connectivity index (χ1) is 7.92. The maximum absolute atomic E-state index is 5.34. The zero-order valence-corrected chi connectivity index (χ0v) is 13.0. The number of guanidine groups is 1. The van der Waals surface area contributed by atoms with Gasteiger partial charge >= 0.3 is 8.80 Å². The summed E-state index contributed by atoms with van der Waals surface area (Å²) in [6, 6.07) is 0.668. The van der Waals surface area contributed by atoms with Crippen molar-refractivity contribution in [2.75, 3.05) is 56.1 Å². The lowest BCUT2D eigenvalue weighted by molar-refractivity contribution is 0.124. The Hall–Kier alpha value is -0.633. The topological polar surface area (TPSA) is 46.5 Å². The van der Waals surface area contributed by atoms with Crippen molar-refractivity contribution in [3.63, 3.8) is 0 Å². The molecule has 0 aliphatic carbocycles. The van der Waals surface area contributed by atoms with Gasteiger partial charge in [0, 0.05) is 62.1 Å². The van der Waals surface area contributed by atoms with Gasteiger partial charge in [0.15, 0.2) is 5.96 Å². The van der Waals surface area contributed by atoms with Crippen LogP contribution < -0.4 is 0 Å². The fourth-order valence-corrected chi connectivity index (χ4v) is 3.03. The summed E-state index contributed by atoms with van der Waals surface area (Å²) >= 11 is 0. The Kier molecular flexibility index (Phi) is 7.36. The van der Waals surface area contributed by atoms with Crippen LogP contribution in [0.3, 0.4) is 0 Å². The van der Waals surface area contributed by atoms with Gasteiger partial charge in [0.1, 0.15) is 0 Å². The van der Waals surface area contributed by atoms with E-state index in [4.69, 9.17) is 13.3 Å². The largest absolute Gasteiger partial charge is 0.502 e. The van der Waals surface area contributed by atoms with Gasteiger partial charge in [-0.25, -0.2) is 0 Å². The second kappa shape index (κ2) is 7.65. The lowest BCUT2D eigenvalue weighted by Gasteiger charge is -2.25. The molecule has 17 heavy (non-hydrogen) atoms. The smallest absolute Gasteiger partial charge is 0.377 e. The molecule has 0 aromatic rings. The van der Waals surface area contributed by atoms with Gasteiger partial charge in [-0.3, -0.25) is 4.99 Å². The minimum Gasteiger partial charge on any atom is -0.377 e. The van der Waals surface area contributed by atoms with Gasteiger partial charge in [-0.15, -0.1) is 0 Å². The quantitative estimate of drug-likeness (QED) is 0.393. The van der Waals surface area contributed by atoms with Crippen LogP contribution in [0.4, 0.5) is 0 Å². The average Bonchev–Trinajstić information content (AvgIpc) is 2.29. The number of hydrogen-bond donors (Lipinski definition) is 0. The molecule has 0 N–H and O–H groups in total. The molecule has 6 nitrogen and oxygen atoms in total. The van der Waals surface area contributed by atoms with Crippen LogP contribution in [0.15, 0.2) is 4.99 Å². The van der Waals surface area contributed by atoms with Crippen LogP contribution in [0.25, 0.3) is 0 Å². The minimum absolute atomic E-state index is 0.618. The molecule has 7 heteroatoms. The third-order valence-electron chi connectivity index (χ3n) is 2.40. The van der Waals surface area contributed by atoms with Crippen LogP contribution in [0.2, 0.25) is 6.04 Å². The van der Waals surface area contributed by atoms with E-state index in [1.165, 1.54) is 0 Å². The predicted octanol–water partition coefficient (Wildman–Crippen LogP) is 0.344. The SMILES string of the molecule is CO[Si](CCN=C(N(C)C)N(C)C)(OC)OC. The highest BCUT2D eigenvalue weighted by Gasteiger charge is 2.37. The van der Waals surface area contributed by atoms with E-state index in [0.717, 1.165) is 5.96 Å². The fraction of sp³-hybridized carbons (Fsp3) is 0.900. The van der Waals surface area contributed by atoms with E-state index in [-0.39, 0.29) is 0 Å². The van der Waals surface area contributed by atoms with Crippen LogP contribution >= 0.6 is 0 Å². The van der Waals surface area contributed by atoms with E-state index in [1.54, 1.807) is 21.3 Å². The van der Waals surface area contributed by atoms with Gasteiger partial charge < -0.3 is 23.1 Å². The van der Waals surface area contributed by atoms with E-state index < -0.39 is 8.80 Å². The fourth-order valence-electron chi connectivity index (χ4n) is 1.53. The van der Waals surface area contributed by atoms with E-state index in [2.05, 4.69) is 4.99 Å². The molecule has 0 unspecified atom stereocenters.